The van der Waals surface area contributed by atoms with Gasteiger partial charge in [0.15, 0.2) is 0 Å². The molecule has 0 aromatic heterocycles. The highest BCUT2D eigenvalue weighted by atomic mass is 32.2. The number of sulfone groups is 1. The lowest BCUT2D eigenvalue weighted by atomic mass is 10.1. The molecule has 0 bridgehead atoms. The summed E-state index contributed by atoms with van der Waals surface area (Å²) in [6, 6.07) is 5.54. The summed E-state index contributed by atoms with van der Waals surface area (Å²) in [5, 5.41) is 3.05. The van der Waals surface area contributed by atoms with Crippen LogP contribution in [0.2, 0.25) is 0 Å². The third kappa shape index (κ3) is 3.79. The van der Waals surface area contributed by atoms with Crippen LogP contribution in [0.1, 0.15) is 5.56 Å². The number of hydrogen-bond acceptors (Lipinski definition) is 4. The van der Waals surface area contributed by atoms with Crippen molar-refractivity contribution in [2.45, 2.75) is 6.92 Å². The quantitative estimate of drug-likeness (QED) is 0.755. The number of nitrogen functional groups attached to an aromatic ring is 1. The van der Waals surface area contributed by atoms with Crippen LogP contribution < -0.4 is 11.1 Å². The molecular formula is C10H16N2O2S. The summed E-state index contributed by atoms with van der Waals surface area (Å²) in [5.41, 5.74) is 8.27. The van der Waals surface area contributed by atoms with Crippen LogP contribution in [0.4, 0.5) is 11.4 Å². The van der Waals surface area contributed by atoms with Crippen LogP contribution in [0.5, 0.6) is 0 Å². The first kappa shape index (κ1) is 11.8. The van der Waals surface area contributed by atoms with E-state index in [9.17, 15) is 8.42 Å². The molecule has 0 spiro atoms. The topological polar surface area (TPSA) is 72.2 Å². The summed E-state index contributed by atoms with van der Waals surface area (Å²) < 4.78 is 21.8. The maximum absolute atomic E-state index is 10.9. The Labute approximate surface area is 90.4 Å². The van der Waals surface area contributed by atoms with Crippen molar-refractivity contribution in [3.63, 3.8) is 0 Å². The third-order valence-electron chi connectivity index (χ3n) is 2.16. The van der Waals surface area contributed by atoms with E-state index in [-0.39, 0.29) is 5.75 Å². The van der Waals surface area contributed by atoms with Crippen LogP contribution in [0, 0.1) is 6.92 Å². The number of anilines is 2. The van der Waals surface area contributed by atoms with Crippen LogP contribution in [0.25, 0.3) is 0 Å². The van der Waals surface area contributed by atoms with E-state index in [1.807, 2.05) is 25.1 Å². The van der Waals surface area contributed by atoms with E-state index in [0.29, 0.717) is 12.2 Å². The fourth-order valence-corrected chi connectivity index (χ4v) is 1.69. The van der Waals surface area contributed by atoms with Crippen molar-refractivity contribution in [3.05, 3.63) is 23.8 Å². The van der Waals surface area contributed by atoms with Gasteiger partial charge in [-0.25, -0.2) is 8.42 Å². The van der Waals surface area contributed by atoms with Crippen LogP contribution >= 0.6 is 0 Å². The number of nitrogens with one attached hydrogen (secondary N) is 1. The van der Waals surface area contributed by atoms with Gasteiger partial charge in [0.25, 0.3) is 0 Å². The molecule has 15 heavy (non-hydrogen) atoms. The molecular weight excluding hydrogens is 212 g/mol. The lowest BCUT2D eigenvalue weighted by molar-refractivity contribution is 0.602. The highest BCUT2D eigenvalue weighted by molar-refractivity contribution is 7.90. The van der Waals surface area contributed by atoms with Crippen LogP contribution in [0.3, 0.4) is 0 Å². The molecule has 3 N–H and O–H groups in total. The first-order chi connectivity index (χ1) is 6.90. The third-order valence-corrected chi connectivity index (χ3v) is 3.11. The largest absolute Gasteiger partial charge is 0.398 e. The van der Waals surface area contributed by atoms with Gasteiger partial charge in [0, 0.05) is 24.2 Å². The fourth-order valence-electron chi connectivity index (χ4n) is 1.22. The van der Waals surface area contributed by atoms with Crippen LogP contribution in [-0.4, -0.2) is 27.0 Å². The van der Waals surface area contributed by atoms with E-state index in [0.717, 1.165) is 11.3 Å². The summed E-state index contributed by atoms with van der Waals surface area (Å²) in [5.74, 6) is 0.126. The molecule has 0 saturated carbocycles. The molecule has 0 atom stereocenters. The molecule has 0 amide bonds. The van der Waals surface area contributed by atoms with Crippen molar-refractivity contribution >= 4 is 21.2 Å². The molecule has 1 aromatic carbocycles. The van der Waals surface area contributed by atoms with Crippen molar-refractivity contribution in [3.8, 4) is 0 Å². The van der Waals surface area contributed by atoms with Gasteiger partial charge in [0.05, 0.1) is 5.75 Å². The van der Waals surface area contributed by atoms with Gasteiger partial charge in [-0.15, -0.1) is 0 Å². The van der Waals surface area contributed by atoms with E-state index < -0.39 is 9.84 Å². The summed E-state index contributed by atoms with van der Waals surface area (Å²) in [7, 11) is -2.91. The smallest absolute Gasteiger partial charge is 0.149 e. The van der Waals surface area contributed by atoms with Gasteiger partial charge in [-0.05, 0) is 24.6 Å². The molecule has 0 saturated heterocycles. The Kier molecular flexibility index (Phi) is 3.57. The molecule has 84 valence electrons. The van der Waals surface area contributed by atoms with Gasteiger partial charge >= 0.3 is 0 Å². The number of hydrogen-bond donors (Lipinski definition) is 2. The van der Waals surface area contributed by atoms with E-state index in [1.165, 1.54) is 6.26 Å². The Morgan fingerprint density at radius 3 is 2.67 bits per heavy atom. The predicted octanol–water partition coefficient (Wildman–Crippen LogP) is 1.03. The van der Waals surface area contributed by atoms with E-state index in [2.05, 4.69) is 5.32 Å². The van der Waals surface area contributed by atoms with E-state index in [1.54, 1.807) is 0 Å². The zero-order valence-corrected chi connectivity index (χ0v) is 9.76. The van der Waals surface area contributed by atoms with Crippen LogP contribution in [-0.2, 0) is 9.84 Å². The monoisotopic (exact) mass is 228 g/mol. The first-order valence-corrected chi connectivity index (χ1v) is 6.73. The Balaban J connectivity index is 2.62. The average Bonchev–Trinajstić information content (AvgIpc) is 2.10. The lowest BCUT2D eigenvalue weighted by Gasteiger charge is -2.10. The Morgan fingerprint density at radius 2 is 2.07 bits per heavy atom. The molecule has 1 aromatic rings. The Morgan fingerprint density at radius 1 is 1.40 bits per heavy atom. The maximum Gasteiger partial charge on any atom is 0.149 e. The van der Waals surface area contributed by atoms with Crippen molar-refractivity contribution < 1.29 is 8.42 Å². The predicted molar refractivity (Wildman–Crippen MR) is 63.8 cm³/mol. The molecule has 0 aliphatic carbocycles. The molecule has 0 unspecified atom stereocenters. The normalized spacial score (nSPS) is 11.3. The molecule has 0 fully saturated rings. The van der Waals surface area contributed by atoms with Gasteiger partial charge in [-0.3, -0.25) is 0 Å². The average molecular weight is 228 g/mol. The summed E-state index contributed by atoms with van der Waals surface area (Å²) in [6.07, 6.45) is 1.22. The minimum atomic E-state index is -2.91. The molecule has 1 rings (SSSR count). The summed E-state index contributed by atoms with van der Waals surface area (Å²) in [4.78, 5) is 0. The number of rotatable bonds is 4. The molecule has 5 heteroatoms. The minimum absolute atomic E-state index is 0.126. The van der Waals surface area contributed by atoms with Crippen molar-refractivity contribution in [1.82, 2.24) is 0 Å². The molecule has 0 radical (unpaired) electrons. The lowest BCUT2D eigenvalue weighted by Crippen LogP contribution is -2.14. The summed E-state index contributed by atoms with van der Waals surface area (Å²) >= 11 is 0. The van der Waals surface area contributed by atoms with Crippen molar-refractivity contribution in [2.24, 2.45) is 0 Å². The van der Waals surface area contributed by atoms with Crippen LogP contribution in [0.15, 0.2) is 18.2 Å². The highest BCUT2D eigenvalue weighted by Crippen LogP contribution is 2.19. The SMILES string of the molecule is Cc1c(N)cccc1NCCS(C)(=O)=O. The first-order valence-electron chi connectivity index (χ1n) is 4.67. The van der Waals surface area contributed by atoms with Gasteiger partial charge in [-0.2, -0.15) is 0 Å². The number of benzene rings is 1. The summed E-state index contributed by atoms with van der Waals surface area (Å²) in [6.45, 7) is 2.31. The van der Waals surface area contributed by atoms with Crippen molar-refractivity contribution in [1.29, 1.82) is 0 Å². The molecule has 0 aliphatic rings. The van der Waals surface area contributed by atoms with E-state index in [4.69, 9.17) is 5.73 Å². The Hall–Kier alpha value is -1.23. The standard InChI is InChI=1S/C10H16N2O2S/c1-8-9(11)4-3-5-10(8)12-6-7-15(2,13)14/h3-5,12H,6-7,11H2,1-2H3. The van der Waals surface area contributed by atoms with Crippen molar-refractivity contribution in [2.75, 3.05) is 29.6 Å². The zero-order valence-electron chi connectivity index (χ0n) is 8.95. The molecule has 0 aliphatic heterocycles. The second kappa shape index (κ2) is 4.53. The van der Waals surface area contributed by atoms with Gasteiger partial charge in [0.2, 0.25) is 0 Å². The maximum atomic E-state index is 10.9. The van der Waals surface area contributed by atoms with Gasteiger partial charge < -0.3 is 11.1 Å². The second-order valence-corrected chi connectivity index (χ2v) is 5.84. The van der Waals surface area contributed by atoms with Gasteiger partial charge in [-0.1, -0.05) is 6.07 Å². The van der Waals surface area contributed by atoms with E-state index >= 15 is 0 Å². The second-order valence-electron chi connectivity index (χ2n) is 3.58. The minimum Gasteiger partial charge on any atom is -0.398 e. The highest BCUT2D eigenvalue weighted by Gasteiger charge is 2.03. The Bertz CT molecular complexity index is 441. The van der Waals surface area contributed by atoms with Gasteiger partial charge in [0.1, 0.15) is 9.84 Å². The molecule has 4 nitrogen and oxygen atoms in total. The fraction of sp³-hybridized carbons (Fsp3) is 0.400. The molecule has 0 heterocycles. The zero-order chi connectivity index (χ0) is 11.5. The number of nitrogens with two attached hydrogens (primary N) is 1.